The minimum absolute atomic E-state index is 0.105. The van der Waals surface area contributed by atoms with Gasteiger partial charge in [0.15, 0.2) is 0 Å². The lowest BCUT2D eigenvalue weighted by molar-refractivity contribution is -0.136. The average molecular weight is 751 g/mol. The first-order chi connectivity index (χ1) is 25.0. The Morgan fingerprint density at radius 3 is 1.44 bits per heavy atom. The Morgan fingerprint density at radius 2 is 1.08 bits per heavy atom. The summed E-state index contributed by atoms with van der Waals surface area (Å²) in [6.45, 7) is 8.79. The van der Waals surface area contributed by atoms with Crippen LogP contribution in [0.15, 0.2) is 36.7 Å². The van der Waals surface area contributed by atoms with Crippen LogP contribution in [-0.2, 0) is 19.1 Å². The standard InChI is InChI=1S/C36H46N8O6S2/c1-19(2)29(41-35(47)49-5)33(45)43-15-7-9-23(43)31-37-17-21(39-31)25-11-13-27(51-25)28-14-12-26(52-28)22-18-38-32(40-22)24-10-8-16-44(24)34(46)30(20(3)4)42-36(48)50-6/h11-14,17-20,23-24,29-30H,7-10,15-16H2,1-6H3,(H,37,39)(H,38,40)(H,41,47)(H,42,48). The van der Waals surface area contributed by atoms with E-state index in [0.29, 0.717) is 13.1 Å². The van der Waals surface area contributed by atoms with Crippen molar-refractivity contribution < 1.29 is 28.7 Å². The van der Waals surface area contributed by atoms with Crippen molar-refractivity contribution in [2.45, 2.75) is 77.5 Å². The fourth-order valence-electron chi connectivity index (χ4n) is 6.88. The highest BCUT2D eigenvalue weighted by Crippen LogP contribution is 2.41. The Labute approximate surface area is 310 Å². The van der Waals surface area contributed by atoms with Crippen molar-refractivity contribution in [1.82, 2.24) is 40.4 Å². The lowest BCUT2D eigenvalue weighted by Gasteiger charge is -2.30. The van der Waals surface area contributed by atoms with Gasteiger partial charge in [0, 0.05) is 22.8 Å². The third kappa shape index (κ3) is 7.72. The first kappa shape index (κ1) is 37.1. The van der Waals surface area contributed by atoms with Crippen LogP contribution in [0.4, 0.5) is 9.59 Å². The van der Waals surface area contributed by atoms with Crippen molar-refractivity contribution >= 4 is 46.7 Å². The first-order valence-electron chi connectivity index (χ1n) is 17.6. The van der Waals surface area contributed by atoms with Crippen LogP contribution >= 0.6 is 22.7 Å². The van der Waals surface area contributed by atoms with Gasteiger partial charge in [-0.25, -0.2) is 19.6 Å². The summed E-state index contributed by atoms with van der Waals surface area (Å²) in [5, 5.41) is 5.39. The zero-order chi connectivity index (χ0) is 37.1. The number of imidazole rings is 2. The van der Waals surface area contributed by atoms with Crippen molar-refractivity contribution in [2.24, 2.45) is 11.8 Å². The van der Waals surface area contributed by atoms with Crippen LogP contribution in [0.25, 0.3) is 30.9 Å². The quantitative estimate of drug-likeness (QED) is 0.137. The number of hydrogen-bond acceptors (Lipinski definition) is 10. The molecule has 0 aromatic carbocycles. The van der Waals surface area contributed by atoms with Crippen LogP contribution in [0, 0.1) is 11.8 Å². The third-order valence-electron chi connectivity index (χ3n) is 9.66. The van der Waals surface area contributed by atoms with Gasteiger partial charge in [-0.15, -0.1) is 22.7 Å². The van der Waals surface area contributed by atoms with Crippen LogP contribution in [-0.4, -0.2) is 93.1 Å². The maximum Gasteiger partial charge on any atom is 0.407 e. The molecule has 0 saturated carbocycles. The van der Waals surface area contributed by atoms with Crippen LogP contribution < -0.4 is 10.6 Å². The molecule has 4 N–H and O–H groups in total. The largest absolute Gasteiger partial charge is 0.453 e. The Balaban J connectivity index is 1.13. The monoisotopic (exact) mass is 750 g/mol. The molecule has 14 nitrogen and oxygen atoms in total. The SMILES string of the molecule is COC(=O)NC(C(=O)N1CCCC1c1ncc(-c2ccc(-c3ccc(-c4cnc(C5CCCN5C(=O)C(NC(=O)OC)C(C)C)[nH]4)s3)s2)[nH]1)C(C)C. The predicted octanol–water partition coefficient (Wildman–Crippen LogP) is 6.35. The molecule has 2 fully saturated rings. The Bertz CT molecular complexity index is 1760. The number of thiophene rings is 2. The van der Waals surface area contributed by atoms with Crippen LogP contribution in [0.1, 0.15) is 77.1 Å². The van der Waals surface area contributed by atoms with Gasteiger partial charge in [0.25, 0.3) is 0 Å². The lowest BCUT2D eigenvalue weighted by atomic mass is 10.0. The lowest BCUT2D eigenvalue weighted by Crippen LogP contribution is -2.51. The molecule has 0 aliphatic carbocycles. The molecular weight excluding hydrogens is 705 g/mol. The number of nitrogens with one attached hydrogen (secondary N) is 4. The average Bonchev–Trinajstić information content (AvgIpc) is 3.98. The summed E-state index contributed by atoms with van der Waals surface area (Å²) in [5.74, 6) is 0.968. The van der Waals surface area contributed by atoms with Gasteiger partial charge < -0.3 is 39.9 Å². The summed E-state index contributed by atoms with van der Waals surface area (Å²) in [5.41, 5.74) is 1.76. The fraction of sp³-hybridized carbons (Fsp3) is 0.500. The highest BCUT2D eigenvalue weighted by atomic mass is 32.1. The van der Waals surface area contributed by atoms with Gasteiger partial charge in [0.2, 0.25) is 11.8 Å². The van der Waals surface area contributed by atoms with Gasteiger partial charge >= 0.3 is 12.2 Å². The third-order valence-corrected chi connectivity index (χ3v) is 12.1. The Hall–Kier alpha value is -4.70. The van der Waals surface area contributed by atoms with Crippen LogP contribution in [0.5, 0.6) is 0 Å². The van der Waals surface area contributed by atoms with E-state index in [-0.39, 0.29) is 35.7 Å². The van der Waals surface area contributed by atoms with Gasteiger partial charge in [0.05, 0.1) is 59.8 Å². The number of alkyl carbamates (subject to hydrolysis) is 2. The number of ether oxygens (including phenoxy) is 2. The molecule has 4 amide bonds. The number of rotatable bonds is 11. The summed E-state index contributed by atoms with van der Waals surface area (Å²) in [6.07, 6.45) is 5.64. The van der Waals surface area contributed by atoms with Crippen molar-refractivity contribution in [3.63, 3.8) is 0 Å². The number of aromatic amines is 2. The molecular formula is C36H46N8O6S2. The van der Waals surface area contributed by atoms with E-state index in [9.17, 15) is 19.2 Å². The maximum atomic E-state index is 13.5. The van der Waals surface area contributed by atoms with E-state index in [2.05, 4.69) is 54.8 Å². The summed E-state index contributed by atoms with van der Waals surface area (Å²) < 4.78 is 9.51. The number of likely N-dealkylation sites (tertiary alicyclic amines) is 2. The fourth-order valence-corrected chi connectivity index (χ4v) is 8.91. The van der Waals surface area contributed by atoms with E-state index < -0.39 is 24.3 Å². The van der Waals surface area contributed by atoms with E-state index in [1.165, 1.54) is 14.2 Å². The number of nitrogens with zero attached hydrogens (tertiary/aromatic N) is 4. The van der Waals surface area contributed by atoms with Crippen molar-refractivity contribution in [3.8, 4) is 30.9 Å². The normalized spacial score (nSPS) is 18.5. The minimum atomic E-state index is -0.688. The smallest absolute Gasteiger partial charge is 0.407 e. The highest BCUT2D eigenvalue weighted by Gasteiger charge is 2.39. The number of amides is 4. The number of carbonyl (C=O) groups is 4. The Kier molecular flexibility index (Phi) is 11.3. The number of aromatic nitrogens is 4. The number of H-pyrrole nitrogens is 2. The van der Waals surface area contributed by atoms with Gasteiger partial charge in [0.1, 0.15) is 23.7 Å². The molecule has 6 rings (SSSR count). The van der Waals surface area contributed by atoms with Gasteiger partial charge in [-0.2, -0.15) is 0 Å². The second-order valence-corrected chi connectivity index (χ2v) is 16.0. The van der Waals surface area contributed by atoms with E-state index in [4.69, 9.17) is 9.47 Å². The molecule has 4 unspecified atom stereocenters. The molecule has 16 heteroatoms. The molecule has 2 aliphatic heterocycles. The maximum absolute atomic E-state index is 13.5. The van der Waals surface area contributed by atoms with E-state index in [0.717, 1.165) is 68.2 Å². The molecule has 52 heavy (non-hydrogen) atoms. The van der Waals surface area contributed by atoms with E-state index >= 15 is 0 Å². The molecule has 4 aromatic heterocycles. The van der Waals surface area contributed by atoms with Gasteiger partial charge in [-0.05, 0) is 61.8 Å². The molecule has 0 radical (unpaired) electrons. The second kappa shape index (κ2) is 15.9. The van der Waals surface area contributed by atoms with Crippen molar-refractivity contribution in [2.75, 3.05) is 27.3 Å². The predicted molar refractivity (Wildman–Crippen MR) is 199 cm³/mol. The van der Waals surface area contributed by atoms with E-state index in [1.54, 1.807) is 22.7 Å². The highest BCUT2D eigenvalue weighted by molar-refractivity contribution is 7.25. The summed E-state index contributed by atoms with van der Waals surface area (Å²) in [4.78, 5) is 75.2. The van der Waals surface area contributed by atoms with Crippen LogP contribution in [0.2, 0.25) is 0 Å². The summed E-state index contributed by atoms with van der Waals surface area (Å²) in [6, 6.07) is 6.55. The molecule has 2 saturated heterocycles. The number of carbonyl (C=O) groups excluding carboxylic acids is 4. The molecule has 4 aromatic rings. The first-order valence-corrected chi connectivity index (χ1v) is 19.2. The number of hydrogen-bond donors (Lipinski definition) is 4. The van der Waals surface area contributed by atoms with Gasteiger partial charge in [-0.1, -0.05) is 27.7 Å². The molecule has 6 heterocycles. The number of methoxy groups -OCH3 is 2. The molecule has 0 bridgehead atoms. The zero-order valence-electron chi connectivity index (χ0n) is 30.2. The Morgan fingerprint density at radius 1 is 0.692 bits per heavy atom. The van der Waals surface area contributed by atoms with Crippen molar-refractivity contribution in [3.05, 3.63) is 48.3 Å². The van der Waals surface area contributed by atoms with Crippen molar-refractivity contribution in [1.29, 1.82) is 0 Å². The summed E-state index contributed by atoms with van der Waals surface area (Å²) >= 11 is 3.31. The topological polar surface area (TPSA) is 175 Å². The molecule has 0 spiro atoms. The van der Waals surface area contributed by atoms with Crippen LogP contribution in [0.3, 0.4) is 0 Å². The van der Waals surface area contributed by atoms with Gasteiger partial charge in [-0.3, -0.25) is 9.59 Å². The minimum Gasteiger partial charge on any atom is -0.453 e. The second-order valence-electron chi connectivity index (χ2n) is 13.8. The zero-order valence-corrected chi connectivity index (χ0v) is 31.9. The molecule has 4 atom stereocenters. The van der Waals surface area contributed by atoms with E-state index in [1.807, 2.05) is 49.9 Å². The summed E-state index contributed by atoms with van der Waals surface area (Å²) in [7, 11) is 2.58. The molecule has 278 valence electrons. The molecule has 2 aliphatic rings.